The second kappa shape index (κ2) is 11.1. The Bertz CT molecular complexity index is 3250. The molecule has 4 heterocycles. The Morgan fingerprint density at radius 1 is 0.500 bits per heavy atom. The zero-order chi connectivity index (χ0) is 39.5. The van der Waals surface area contributed by atoms with Crippen molar-refractivity contribution in [2.75, 3.05) is 0 Å². The van der Waals surface area contributed by atoms with Crippen LogP contribution in [0.25, 0.3) is 64.3 Å². The van der Waals surface area contributed by atoms with E-state index in [4.69, 9.17) is 22.6 Å². The van der Waals surface area contributed by atoms with E-state index >= 15 is 0 Å². The summed E-state index contributed by atoms with van der Waals surface area (Å²) in [6, 6.07) is 33.5. The number of hydrogen-bond donors (Lipinski definition) is 0. The highest BCUT2D eigenvalue weighted by Gasteiger charge is 2.44. The minimum Gasteiger partial charge on any atom is -0.461 e. The van der Waals surface area contributed by atoms with Crippen LogP contribution in [0.4, 0.5) is 11.4 Å². The van der Waals surface area contributed by atoms with Gasteiger partial charge in [0.1, 0.15) is 23.0 Å². The lowest BCUT2D eigenvalue weighted by Gasteiger charge is -2.38. The van der Waals surface area contributed by atoms with Gasteiger partial charge in [-0.2, -0.15) is 10.5 Å². The van der Waals surface area contributed by atoms with Crippen molar-refractivity contribution >= 4 is 89.9 Å². The van der Waals surface area contributed by atoms with E-state index in [1.807, 2.05) is 54.6 Å². The van der Waals surface area contributed by atoms with Crippen molar-refractivity contribution in [1.29, 1.82) is 10.5 Å². The van der Waals surface area contributed by atoms with Crippen molar-refractivity contribution in [3.8, 4) is 57.4 Å². The van der Waals surface area contributed by atoms with Crippen LogP contribution in [-0.4, -0.2) is 13.4 Å². The normalized spacial score (nSPS) is 13.3. The Balaban J connectivity index is 1.32. The predicted molar refractivity (Wildman–Crippen MR) is 233 cm³/mol. The zero-order valence-electron chi connectivity index (χ0n) is 32.0. The molecule has 0 N–H and O–H groups in total. The fourth-order valence-corrected chi connectivity index (χ4v) is 10.8. The first kappa shape index (κ1) is 32.7. The number of nitrogens with zero attached hydrogens (tertiary/aromatic N) is 4. The smallest absolute Gasteiger partial charge is 0.252 e. The van der Waals surface area contributed by atoms with Crippen molar-refractivity contribution in [2.45, 2.75) is 39.5 Å². The van der Waals surface area contributed by atoms with E-state index in [1.54, 1.807) is 0 Å². The first-order valence-electron chi connectivity index (χ1n) is 19.6. The van der Waals surface area contributed by atoms with E-state index in [-0.39, 0.29) is 25.3 Å². The predicted octanol–water partition coefficient (Wildman–Crippen LogP) is 8.88. The molecule has 0 amide bonds. The van der Waals surface area contributed by atoms with E-state index in [0.717, 1.165) is 44.1 Å². The standard InChI is InChI=1S/C50H28B2N4O2/c1-23(2)29-17-31-35-11-26(22-54)13-43-49(35)51(37-9-7-25(21-53)12-41(37)57-43)39-19-34-30(24(3)4)18-32-36-14-28(56-6)16-44-50(36)52(38-10-8-27(55-5)15-42(38)58-44)40-20-33(29)47(45(31)39)48(34)46(32)40/h7-20,23-24H,1-4H3. The third-order valence-corrected chi connectivity index (χ3v) is 13.1. The molecule has 8 heteroatoms. The Kier molecular flexibility index (Phi) is 6.25. The van der Waals surface area contributed by atoms with Gasteiger partial charge in [0.2, 0.25) is 0 Å². The average molecular weight is 738 g/mol. The van der Waals surface area contributed by atoms with Crippen molar-refractivity contribution in [1.82, 2.24) is 0 Å². The second-order valence-electron chi connectivity index (χ2n) is 16.7. The molecule has 4 aliphatic heterocycles. The minimum absolute atomic E-state index is 0.172. The summed E-state index contributed by atoms with van der Waals surface area (Å²) in [5.74, 6) is 2.95. The van der Waals surface area contributed by atoms with Crippen LogP contribution < -0.4 is 42.3 Å². The second-order valence-corrected chi connectivity index (χ2v) is 16.7. The molecule has 6 nitrogen and oxygen atoms in total. The summed E-state index contributed by atoms with van der Waals surface area (Å²) in [7, 11) is 0. The van der Waals surface area contributed by atoms with Gasteiger partial charge in [-0.1, -0.05) is 69.0 Å². The maximum absolute atomic E-state index is 10.4. The van der Waals surface area contributed by atoms with Crippen molar-refractivity contribution in [3.63, 3.8) is 0 Å². The molecular weight excluding hydrogens is 710 g/mol. The molecule has 266 valence electrons. The van der Waals surface area contributed by atoms with Crippen molar-refractivity contribution < 1.29 is 9.47 Å². The lowest BCUT2D eigenvalue weighted by molar-refractivity contribution is 0.487. The quantitative estimate of drug-likeness (QED) is 0.101. The van der Waals surface area contributed by atoms with Crippen LogP contribution in [0.2, 0.25) is 0 Å². The van der Waals surface area contributed by atoms with Gasteiger partial charge in [-0.25, -0.2) is 9.69 Å². The van der Waals surface area contributed by atoms with Gasteiger partial charge >= 0.3 is 0 Å². The molecule has 8 aromatic rings. The third kappa shape index (κ3) is 3.95. The summed E-state index contributed by atoms with van der Waals surface area (Å²) in [6.07, 6.45) is 0. The Morgan fingerprint density at radius 2 is 1.00 bits per heavy atom. The van der Waals surface area contributed by atoms with Crippen LogP contribution in [0.1, 0.15) is 61.8 Å². The SMILES string of the molecule is [C-]#[N+]c1ccc2c(c1)Oc1cc([N+]#[C-])cc3c1B2c1cc2c(C(C)C)cc4c5c(cc6c(C(C)C)cc-3c1c6c25)B1c2ccc(C#N)cc2Oc2cc(C#N)cc-4c21. The maximum Gasteiger partial charge on any atom is 0.252 e. The molecule has 0 saturated heterocycles. The van der Waals surface area contributed by atoms with E-state index in [0.29, 0.717) is 45.5 Å². The number of fused-ring (bicyclic) bond motifs is 8. The van der Waals surface area contributed by atoms with Crippen LogP contribution in [0, 0.1) is 35.8 Å². The molecule has 8 aromatic carbocycles. The molecule has 0 atom stereocenters. The lowest BCUT2D eigenvalue weighted by Crippen LogP contribution is -2.58. The summed E-state index contributed by atoms with van der Waals surface area (Å²) in [6.45, 7) is 24.6. The number of hydrogen-bond acceptors (Lipinski definition) is 4. The van der Waals surface area contributed by atoms with Crippen molar-refractivity contribution in [2.24, 2.45) is 0 Å². The van der Waals surface area contributed by atoms with E-state index in [9.17, 15) is 10.5 Å². The molecule has 0 fully saturated rings. The number of nitriles is 2. The lowest BCUT2D eigenvalue weighted by atomic mass is 9.31. The minimum atomic E-state index is -0.186. The first-order chi connectivity index (χ1) is 28.2. The molecule has 0 radical (unpaired) electrons. The molecule has 0 spiro atoms. The molecule has 58 heavy (non-hydrogen) atoms. The van der Waals surface area contributed by atoms with Gasteiger partial charge in [0.15, 0.2) is 11.4 Å². The Morgan fingerprint density at radius 3 is 1.55 bits per heavy atom. The largest absolute Gasteiger partial charge is 0.461 e. The van der Waals surface area contributed by atoms with Crippen LogP contribution >= 0.6 is 0 Å². The molecule has 0 unspecified atom stereocenters. The van der Waals surface area contributed by atoms with Gasteiger partial charge in [-0.15, -0.1) is 0 Å². The number of ether oxygens (including phenoxy) is 2. The summed E-state index contributed by atoms with van der Waals surface area (Å²) < 4.78 is 13.3. The van der Waals surface area contributed by atoms with Gasteiger partial charge in [0.25, 0.3) is 13.4 Å². The highest BCUT2D eigenvalue weighted by molar-refractivity contribution is 7.01. The van der Waals surface area contributed by atoms with Gasteiger partial charge in [-0.05, 0) is 154 Å². The molecule has 0 aromatic heterocycles. The third-order valence-electron chi connectivity index (χ3n) is 13.1. The summed E-state index contributed by atoms with van der Waals surface area (Å²) in [5.41, 5.74) is 15.3. The molecule has 0 saturated carbocycles. The van der Waals surface area contributed by atoms with Gasteiger partial charge < -0.3 is 9.47 Å². The monoisotopic (exact) mass is 738 g/mol. The highest BCUT2D eigenvalue weighted by atomic mass is 16.5. The number of rotatable bonds is 2. The molecule has 4 aliphatic rings. The van der Waals surface area contributed by atoms with E-state index in [1.165, 1.54) is 54.4 Å². The average Bonchev–Trinajstić information content (AvgIpc) is 3.24. The van der Waals surface area contributed by atoms with Gasteiger partial charge in [0, 0.05) is 0 Å². The van der Waals surface area contributed by atoms with Crippen LogP contribution in [0.15, 0.2) is 84.9 Å². The Labute approximate surface area is 335 Å². The Hall–Kier alpha value is -7.51. The highest BCUT2D eigenvalue weighted by Crippen LogP contribution is 2.50. The van der Waals surface area contributed by atoms with Gasteiger partial charge in [0.05, 0.1) is 36.4 Å². The zero-order valence-corrected chi connectivity index (χ0v) is 32.0. The van der Waals surface area contributed by atoms with E-state index < -0.39 is 0 Å². The molecule has 12 rings (SSSR count). The fourth-order valence-electron chi connectivity index (χ4n) is 10.8. The molecule has 0 bridgehead atoms. The first-order valence-corrected chi connectivity index (χ1v) is 19.6. The molecule has 0 aliphatic carbocycles. The van der Waals surface area contributed by atoms with Crippen LogP contribution in [-0.2, 0) is 0 Å². The summed E-state index contributed by atoms with van der Waals surface area (Å²) in [5, 5.41) is 27.4. The maximum atomic E-state index is 10.4. The number of benzene rings is 8. The molecular formula is C50H28B2N4O2. The fraction of sp³-hybridized carbons (Fsp3) is 0.120. The van der Waals surface area contributed by atoms with Crippen LogP contribution in [0.5, 0.6) is 23.0 Å². The van der Waals surface area contributed by atoms with Crippen LogP contribution in [0.3, 0.4) is 0 Å². The van der Waals surface area contributed by atoms with Crippen molar-refractivity contribution in [3.05, 3.63) is 130 Å². The van der Waals surface area contributed by atoms with Gasteiger partial charge in [-0.3, -0.25) is 0 Å². The summed E-state index contributed by atoms with van der Waals surface area (Å²) >= 11 is 0. The summed E-state index contributed by atoms with van der Waals surface area (Å²) in [4.78, 5) is 7.65. The van der Waals surface area contributed by atoms with E-state index in [2.05, 4.69) is 79.9 Å². The topological polar surface area (TPSA) is 74.8 Å².